The average molecular weight is 426 g/mol. The van der Waals surface area contributed by atoms with Crippen LogP contribution >= 0.6 is 46.9 Å². The molecule has 9 heteroatoms. The van der Waals surface area contributed by atoms with E-state index < -0.39 is 5.97 Å². The lowest BCUT2D eigenvalue weighted by Crippen LogP contribution is -2.17. The van der Waals surface area contributed by atoms with Gasteiger partial charge in [-0.25, -0.2) is 4.79 Å². The number of halogens is 1. The third-order valence-corrected chi connectivity index (χ3v) is 5.48. The van der Waals surface area contributed by atoms with Crippen molar-refractivity contribution < 1.29 is 19.1 Å². The largest absolute Gasteiger partial charge is 0.490 e. The second-order valence-electron chi connectivity index (χ2n) is 4.98. The summed E-state index contributed by atoms with van der Waals surface area (Å²) in [5.41, 5.74) is 0.636. The molecule has 5 nitrogen and oxygen atoms in total. The Hall–Kier alpha value is -1.87. The van der Waals surface area contributed by atoms with E-state index in [2.05, 4.69) is 5.32 Å². The first-order valence-electron chi connectivity index (χ1n) is 7.44. The lowest BCUT2D eigenvalue weighted by atomic mass is 10.2. The topological polar surface area (TPSA) is 64.6 Å². The Kier molecular flexibility index (Phi) is 5.98. The first kappa shape index (κ1) is 18.9. The van der Waals surface area contributed by atoms with Gasteiger partial charge in [-0.2, -0.15) is 0 Å². The molecular weight excluding hydrogens is 414 g/mol. The van der Waals surface area contributed by atoms with Crippen molar-refractivity contribution in [2.75, 3.05) is 6.61 Å². The lowest BCUT2D eigenvalue weighted by Gasteiger charge is -2.13. The van der Waals surface area contributed by atoms with Gasteiger partial charge in [-0.05, 0) is 42.1 Å². The third kappa shape index (κ3) is 4.27. The van der Waals surface area contributed by atoms with Crippen molar-refractivity contribution in [3.8, 4) is 11.5 Å². The fourth-order valence-electron chi connectivity index (χ4n) is 2.14. The molecule has 1 saturated heterocycles. The number of thioether (sulfide) groups is 1. The van der Waals surface area contributed by atoms with Crippen LogP contribution in [0.4, 0.5) is 0 Å². The predicted octanol–water partition coefficient (Wildman–Crippen LogP) is 4.51. The summed E-state index contributed by atoms with van der Waals surface area (Å²) >= 11 is 13.7. The zero-order valence-corrected chi connectivity index (χ0v) is 16.6. The smallest absolute Gasteiger partial charge is 0.353 e. The van der Waals surface area contributed by atoms with E-state index in [9.17, 15) is 9.59 Å². The molecule has 0 bridgehead atoms. The summed E-state index contributed by atoms with van der Waals surface area (Å²) in [7, 11) is 0. The SMILES string of the molecule is CCOc1cc(/C=C2\SC(=S)NC2=O)cc(Cl)c1OC(=O)c1cccs1. The number of nitrogens with one attached hydrogen (secondary N) is 1. The monoisotopic (exact) mass is 425 g/mol. The van der Waals surface area contributed by atoms with Gasteiger partial charge in [0.25, 0.3) is 5.91 Å². The number of esters is 1. The molecule has 1 N–H and O–H groups in total. The van der Waals surface area contributed by atoms with E-state index in [-0.39, 0.29) is 16.7 Å². The van der Waals surface area contributed by atoms with Crippen molar-refractivity contribution in [3.05, 3.63) is 50.0 Å². The van der Waals surface area contributed by atoms with E-state index in [1.807, 2.05) is 6.92 Å². The number of rotatable bonds is 5. The zero-order chi connectivity index (χ0) is 18.7. The summed E-state index contributed by atoms with van der Waals surface area (Å²) in [6, 6.07) is 6.69. The van der Waals surface area contributed by atoms with Gasteiger partial charge < -0.3 is 14.8 Å². The molecule has 3 rings (SSSR count). The minimum absolute atomic E-state index is 0.146. The van der Waals surface area contributed by atoms with E-state index in [4.69, 9.17) is 33.3 Å². The molecule has 1 aromatic carbocycles. The van der Waals surface area contributed by atoms with Crippen LogP contribution < -0.4 is 14.8 Å². The van der Waals surface area contributed by atoms with Crippen molar-refractivity contribution in [1.29, 1.82) is 0 Å². The summed E-state index contributed by atoms with van der Waals surface area (Å²) in [5.74, 6) is -0.303. The lowest BCUT2D eigenvalue weighted by molar-refractivity contribution is -0.115. The van der Waals surface area contributed by atoms with Gasteiger partial charge >= 0.3 is 5.97 Å². The maximum Gasteiger partial charge on any atom is 0.353 e. The molecule has 26 heavy (non-hydrogen) atoms. The molecule has 2 heterocycles. The number of hydrogen-bond donors (Lipinski definition) is 1. The average Bonchev–Trinajstić information content (AvgIpc) is 3.21. The second-order valence-corrected chi connectivity index (χ2v) is 8.06. The highest BCUT2D eigenvalue weighted by molar-refractivity contribution is 8.26. The molecule has 0 atom stereocenters. The number of carbonyl (C=O) groups excluding carboxylic acids is 2. The molecule has 2 aromatic rings. The maximum atomic E-state index is 12.2. The Morgan fingerprint density at radius 1 is 1.42 bits per heavy atom. The molecule has 0 unspecified atom stereocenters. The van der Waals surface area contributed by atoms with Gasteiger partial charge in [0.1, 0.15) is 9.20 Å². The first-order valence-corrected chi connectivity index (χ1v) is 9.93. The Bertz CT molecular complexity index is 909. The number of thiocarbonyl (C=S) groups is 1. The van der Waals surface area contributed by atoms with Crippen LogP contribution in [-0.2, 0) is 4.79 Å². The number of thiophene rings is 1. The molecule has 1 aromatic heterocycles. The molecule has 1 fully saturated rings. The predicted molar refractivity (Wildman–Crippen MR) is 108 cm³/mol. The number of carbonyl (C=O) groups is 2. The van der Waals surface area contributed by atoms with Crippen molar-refractivity contribution >= 4 is 69.2 Å². The van der Waals surface area contributed by atoms with Crippen molar-refractivity contribution in [2.45, 2.75) is 6.92 Å². The van der Waals surface area contributed by atoms with Crippen molar-refractivity contribution in [1.82, 2.24) is 5.32 Å². The fraction of sp³-hybridized carbons (Fsp3) is 0.118. The van der Waals surface area contributed by atoms with Crippen LogP contribution in [-0.4, -0.2) is 22.8 Å². The maximum absolute atomic E-state index is 12.2. The zero-order valence-electron chi connectivity index (χ0n) is 13.4. The van der Waals surface area contributed by atoms with Crippen molar-refractivity contribution in [2.24, 2.45) is 0 Å². The molecule has 1 aliphatic heterocycles. The molecule has 1 aliphatic rings. The van der Waals surface area contributed by atoms with E-state index in [0.29, 0.717) is 32.0 Å². The minimum atomic E-state index is -0.509. The Morgan fingerprint density at radius 3 is 2.85 bits per heavy atom. The van der Waals surface area contributed by atoms with Crippen LogP contribution in [0.15, 0.2) is 34.6 Å². The number of ether oxygens (including phenoxy) is 2. The fourth-order valence-corrected chi connectivity index (χ4v) is 4.04. The van der Waals surface area contributed by atoms with E-state index >= 15 is 0 Å². The minimum Gasteiger partial charge on any atom is -0.490 e. The standard InChI is InChI=1S/C17H12ClNO4S3/c1-2-22-11-7-9(8-13-15(20)19-17(24)26-13)6-10(18)14(11)23-16(21)12-4-3-5-25-12/h3-8H,2H2,1H3,(H,19,20,24)/b13-8-. The normalized spacial score (nSPS) is 15.2. The van der Waals surface area contributed by atoms with Gasteiger partial charge in [0.2, 0.25) is 0 Å². The van der Waals surface area contributed by atoms with Crippen LogP contribution in [0.3, 0.4) is 0 Å². The number of hydrogen-bond acceptors (Lipinski definition) is 7. The van der Waals surface area contributed by atoms with Gasteiger partial charge in [-0.15, -0.1) is 11.3 Å². The van der Waals surface area contributed by atoms with Crippen LogP contribution in [0.5, 0.6) is 11.5 Å². The first-order chi connectivity index (χ1) is 12.5. The summed E-state index contributed by atoms with van der Waals surface area (Å²) in [6.07, 6.45) is 1.65. The van der Waals surface area contributed by atoms with Crippen LogP contribution in [0.1, 0.15) is 22.2 Å². The molecule has 0 radical (unpaired) electrons. The molecule has 134 valence electrons. The van der Waals surface area contributed by atoms with Crippen LogP contribution in [0.25, 0.3) is 6.08 Å². The summed E-state index contributed by atoms with van der Waals surface area (Å²) in [5, 5.41) is 4.54. The second kappa shape index (κ2) is 8.22. The van der Waals surface area contributed by atoms with Gasteiger partial charge in [-0.3, -0.25) is 4.79 Å². The Labute approximate surface area is 168 Å². The Morgan fingerprint density at radius 2 is 2.23 bits per heavy atom. The van der Waals surface area contributed by atoms with E-state index in [1.54, 1.807) is 35.7 Å². The van der Waals surface area contributed by atoms with E-state index in [1.165, 1.54) is 23.1 Å². The summed E-state index contributed by atoms with van der Waals surface area (Å²) in [4.78, 5) is 24.9. The summed E-state index contributed by atoms with van der Waals surface area (Å²) in [6.45, 7) is 2.17. The van der Waals surface area contributed by atoms with Gasteiger partial charge in [0, 0.05) is 0 Å². The van der Waals surface area contributed by atoms with Gasteiger partial charge in [0.05, 0.1) is 16.5 Å². The van der Waals surface area contributed by atoms with Gasteiger partial charge in [0.15, 0.2) is 11.5 Å². The Balaban J connectivity index is 1.93. The van der Waals surface area contributed by atoms with Gasteiger partial charge in [-0.1, -0.05) is 41.6 Å². The molecule has 0 aliphatic carbocycles. The molecule has 0 saturated carbocycles. The number of benzene rings is 1. The van der Waals surface area contributed by atoms with Crippen LogP contribution in [0.2, 0.25) is 5.02 Å². The number of amides is 1. The highest BCUT2D eigenvalue weighted by Gasteiger charge is 2.23. The van der Waals surface area contributed by atoms with E-state index in [0.717, 1.165) is 0 Å². The summed E-state index contributed by atoms with van der Waals surface area (Å²) < 4.78 is 11.4. The highest BCUT2D eigenvalue weighted by atomic mass is 35.5. The quantitative estimate of drug-likeness (QED) is 0.329. The molecular formula is C17H12ClNO4S3. The third-order valence-electron chi connectivity index (χ3n) is 3.19. The van der Waals surface area contributed by atoms with Crippen molar-refractivity contribution in [3.63, 3.8) is 0 Å². The highest BCUT2D eigenvalue weighted by Crippen LogP contribution is 2.39. The van der Waals surface area contributed by atoms with Crippen LogP contribution in [0, 0.1) is 0 Å². The molecule has 0 spiro atoms. The molecule has 1 amide bonds.